The zero-order chi connectivity index (χ0) is 22.9. The SMILES string of the molecule is CCCCN1CCN(c2nc3c(c(=O)[nH]c(=O)n3C)n2Cc2cccc3ccccc23)CC1. The summed E-state index contributed by atoms with van der Waals surface area (Å²) >= 11 is 0. The van der Waals surface area contributed by atoms with E-state index in [0.717, 1.165) is 55.0 Å². The van der Waals surface area contributed by atoms with Crippen molar-refractivity contribution in [1.82, 2.24) is 24.0 Å². The molecule has 33 heavy (non-hydrogen) atoms. The number of hydrogen-bond donors (Lipinski definition) is 1. The predicted octanol–water partition coefficient (Wildman–Crippen LogP) is 2.55. The third-order valence-electron chi connectivity index (χ3n) is 6.68. The Hall–Kier alpha value is -3.39. The van der Waals surface area contributed by atoms with E-state index >= 15 is 0 Å². The van der Waals surface area contributed by atoms with Crippen LogP contribution in [0.3, 0.4) is 0 Å². The number of aromatic nitrogens is 4. The van der Waals surface area contributed by atoms with Crippen LogP contribution in [0.5, 0.6) is 0 Å². The number of benzene rings is 2. The number of imidazole rings is 1. The first-order valence-corrected chi connectivity index (χ1v) is 11.7. The van der Waals surface area contributed by atoms with Crippen molar-refractivity contribution in [2.75, 3.05) is 37.6 Å². The maximum atomic E-state index is 12.9. The molecule has 5 rings (SSSR count). The van der Waals surface area contributed by atoms with Gasteiger partial charge in [-0.25, -0.2) is 4.79 Å². The molecule has 172 valence electrons. The fraction of sp³-hybridized carbons (Fsp3) is 0.400. The van der Waals surface area contributed by atoms with E-state index in [-0.39, 0.29) is 0 Å². The highest BCUT2D eigenvalue weighted by molar-refractivity contribution is 5.86. The number of aromatic amines is 1. The summed E-state index contributed by atoms with van der Waals surface area (Å²) < 4.78 is 3.41. The highest BCUT2D eigenvalue weighted by Crippen LogP contribution is 2.25. The highest BCUT2D eigenvalue weighted by atomic mass is 16.2. The lowest BCUT2D eigenvalue weighted by Gasteiger charge is -2.35. The first kappa shape index (κ1) is 21.5. The molecule has 8 heteroatoms. The summed E-state index contributed by atoms with van der Waals surface area (Å²) in [7, 11) is 1.66. The third kappa shape index (κ3) is 3.95. The number of nitrogens with zero attached hydrogens (tertiary/aromatic N) is 5. The van der Waals surface area contributed by atoms with Gasteiger partial charge in [0, 0.05) is 33.2 Å². The maximum Gasteiger partial charge on any atom is 0.329 e. The van der Waals surface area contributed by atoms with E-state index in [2.05, 4.69) is 46.0 Å². The van der Waals surface area contributed by atoms with E-state index in [0.29, 0.717) is 17.7 Å². The summed E-state index contributed by atoms with van der Waals surface area (Å²) in [5.74, 6) is 0.750. The second kappa shape index (κ2) is 8.86. The number of anilines is 1. The molecule has 1 fully saturated rings. The van der Waals surface area contributed by atoms with E-state index in [1.807, 2.05) is 22.8 Å². The normalized spacial score (nSPS) is 15.0. The largest absolute Gasteiger partial charge is 0.340 e. The quantitative estimate of drug-likeness (QED) is 0.492. The smallest absolute Gasteiger partial charge is 0.329 e. The van der Waals surface area contributed by atoms with Gasteiger partial charge in [-0.15, -0.1) is 0 Å². The van der Waals surface area contributed by atoms with Crippen LogP contribution in [0, 0.1) is 0 Å². The molecule has 1 aliphatic rings. The molecule has 0 unspecified atom stereocenters. The number of aryl methyl sites for hydroxylation is 1. The van der Waals surface area contributed by atoms with Crippen molar-refractivity contribution >= 4 is 27.9 Å². The summed E-state index contributed by atoms with van der Waals surface area (Å²) in [6.07, 6.45) is 2.40. The Morgan fingerprint density at radius 1 is 1.00 bits per heavy atom. The summed E-state index contributed by atoms with van der Waals surface area (Å²) in [6, 6.07) is 14.5. The van der Waals surface area contributed by atoms with Gasteiger partial charge in [-0.1, -0.05) is 55.8 Å². The van der Waals surface area contributed by atoms with Crippen molar-refractivity contribution in [3.63, 3.8) is 0 Å². The molecule has 3 heterocycles. The molecule has 1 N–H and O–H groups in total. The Morgan fingerprint density at radius 2 is 1.76 bits per heavy atom. The molecule has 8 nitrogen and oxygen atoms in total. The molecule has 0 atom stereocenters. The second-order valence-corrected chi connectivity index (χ2v) is 8.81. The number of rotatable bonds is 6. The zero-order valence-corrected chi connectivity index (χ0v) is 19.3. The number of hydrogen-bond acceptors (Lipinski definition) is 5. The van der Waals surface area contributed by atoms with Gasteiger partial charge in [-0.3, -0.25) is 23.8 Å². The molecule has 4 aromatic rings. The zero-order valence-electron chi connectivity index (χ0n) is 19.3. The highest BCUT2D eigenvalue weighted by Gasteiger charge is 2.25. The van der Waals surface area contributed by atoms with E-state index in [9.17, 15) is 9.59 Å². The van der Waals surface area contributed by atoms with Crippen molar-refractivity contribution < 1.29 is 0 Å². The monoisotopic (exact) mass is 446 g/mol. The number of piperazine rings is 1. The van der Waals surface area contributed by atoms with Crippen LogP contribution in [0.1, 0.15) is 25.3 Å². The van der Waals surface area contributed by atoms with Crippen LogP contribution in [0.25, 0.3) is 21.9 Å². The standard InChI is InChI=1S/C25H30N6O2/c1-3-4-12-29-13-15-30(16-14-29)24-26-22-21(23(32)27-25(33)28(22)2)31(24)17-19-10-7-9-18-8-5-6-11-20(18)19/h5-11H,3-4,12-17H2,1-2H3,(H,27,32,33). The first-order valence-electron chi connectivity index (χ1n) is 11.7. The Kier molecular flexibility index (Phi) is 5.76. The molecule has 2 aromatic heterocycles. The molecular weight excluding hydrogens is 416 g/mol. The molecule has 0 radical (unpaired) electrons. The van der Waals surface area contributed by atoms with Gasteiger partial charge in [-0.2, -0.15) is 4.98 Å². The van der Waals surface area contributed by atoms with Gasteiger partial charge in [0.25, 0.3) is 5.56 Å². The fourth-order valence-electron chi connectivity index (χ4n) is 4.77. The summed E-state index contributed by atoms with van der Waals surface area (Å²) in [5, 5.41) is 2.31. The molecule has 0 saturated carbocycles. The van der Waals surface area contributed by atoms with Gasteiger partial charge in [0.2, 0.25) is 5.95 Å². The molecule has 1 aliphatic heterocycles. The Bertz CT molecular complexity index is 1400. The molecule has 1 saturated heterocycles. The van der Waals surface area contributed by atoms with Crippen molar-refractivity contribution in [2.24, 2.45) is 7.05 Å². The van der Waals surface area contributed by atoms with Gasteiger partial charge in [0.15, 0.2) is 11.2 Å². The Morgan fingerprint density at radius 3 is 2.55 bits per heavy atom. The molecule has 0 bridgehead atoms. The van der Waals surface area contributed by atoms with Gasteiger partial charge in [-0.05, 0) is 29.3 Å². The van der Waals surface area contributed by atoms with Crippen molar-refractivity contribution in [3.8, 4) is 0 Å². The molecule has 0 spiro atoms. The Balaban J connectivity index is 1.60. The topological polar surface area (TPSA) is 79.2 Å². The lowest BCUT2D eigenvalue weighted by molar-refractivity contribution is 0.252. The summed E-state index contributed by atoms with van der Waals surface area (Å²) in [5.41, 5.74) is 1.14. The van der Waals surface area contributed by atoms with Crippen LogP contribution < -0.4 is 16.1 Å². The van der Waals surface area contributed by atoms with E-state index < -0.39 is 11.2 Å². The van der Waals surface area contributed by atoms with Crippen molar-refractivity contribution in [3.05, 3.63) is 68.9 Å². The van der Waals surface area contributed by atoms with Gasteiger partial charge >= 0.3 is 5.69 Å². The van der Waals surface area contributed by atoms with Gasteiger partial charge in [0.05, 0.1) is 6.54 Å². The molecule has 2 aromatic carbocycles. The van der Waals surface area contributed by atoms with E-state index in [4.69, 9.17) is 4.98 Å². The van der Waals surface area contributed by atoms with Crippen molar-refractivity contribution in [1.29, 1.82) is 0 Å². The van der Waals surface area contributed by atoms with Crippen LogP contribution in [-0.2, 0) is 13.6 Å². The summed E-state index contributed by atoms with van der Waals surface area (Å²) in [6.45, 7) is 7.45. The van der Waals surface area contributed by atoms with E-state index in [1.54, 1.807) is 7.05 Å². The van der Waals surface area contributed by atoms with Crippen molar-refractivity contribution in [2.45, 2.75) is 26.3 Å². The minimum Gasteiger partial charge on any atom is -0.340 e. The molecule has 0 amide bonds. The van der Waals surface area contributed by atoms with Crippen LogP contribution >= 0.6 is 0 Å². The maximum absolute atomic E-state index is 12.9. The number of fused-ring (bicyclic) bond motifs is 2. The number of unbranched alkanes of at least 4 members (excludes halogenated alkanes) is 1. The Labute approximate surface area is 192 Å². The number of nitrogens with one attached hydrogen (secondary N) is 1. The van der Waals surface area contributed by atoms with Gasteiger partial charge < -0.3 is 4.90 Å². The average Bonchev–Trinajstić information content (AvgIpc) is 3.22. The lowest BCUT2D eigenvalue weighted by atomic mass is 10.0. The molecule has 0 aliphatic carbocycles. The van der Waals surface area contributed by atoms with Crippen LogP contribution in [0.4, 0.5) is 5.95 Å². The number of H-pyrrole nitrogens is 1. The second-order valence-electron chi connectivity index (χ2n) is 8.81. The predicted molar refractivity (Wildman–Crippen MR) is 132 cm³/mol. The van der Waals surface area contributed by atoms with E-state index in [1.165, 1.54) is 17.4 Å². The lowest BCUT2D eigenvalue weighted by Crippen LogP contribution is -2.47. The minimum absolute atomic E-state index is 0.395. The summed E-state index contributed by atoms with van der Waals surface area (Å²) in [4.78, 5) is 37.2. The van der Waals surface area contributed by atoms with Crippen LogP contribution in [0.15, 0.2) is 52.1 Å². The fourth-order valence-corrected chi connectivity index (χ4v) is 4.77. The van der Waals surface area contributed by atoms with Crippen LogP contribution in [-0.4, -0.2) is 56.7 Å². The first-order chi connectivity index (χ1) is 16.1. The average molecular weight is 447 g/mol. The third-order valence-corrected chi connectivity index (χ3v) is 6.68. The van der Waals surface area contributed by atoms with Crippen LogP contribution in [0.2, 0.25) is 0 Å². The minimum atomic E-state index is -0.446. The molecular formula is C25H30N6O2. The van der Waals surface area contributed by atoms with Gasteiger partial charge in [0.1, 0.15) is 0 Å².